The van der Waals surface area contributed by atoms with Crippen LogP contribution in [0.2, 0.25) is 0 Å². The Morgan fingerprint density at radius 3 is 2.95 bits per heavy atom. The summed E-state index contributed by atoms with van der Waals surface area (Å²) >= 11 is 1.40. The summed E-state index contributed by atoms with van der Waals surface area (Å²) in [5.74, 6) is -0.954. The molecule has 3 heterocycles. The van der Waals surface area contributed by atoms with Crippen molar-refractivity contribution in [2.45, 2.75) is 10.1 Å². The van der Waals surface area contributed by atoms with Crippen LogP contribution in [0, 0.1) is 0 Å². The summed E-state index contributed by atoms with van der Waals surface area (Å²) in [6.07, 6.45) is 5.08. The number of pyridine rings is 2. The van der Waals surface area contributed by atoms with Crippen molar-refractivity contribution in [3.8, 4) is 0 Å². The van der Waals surface area contributed by atoms with E-state index < -0.39 is 5.97 Å². The van der Waals surface area contributed by atoms with E-state index in [1.54, 1.807) is 12.3 Å². The number of carbonyl (C=O) groups is 1. The van der Waals surface area contributed by atoms with Crippen LogP contribution in [0.4, 0.5) is 0 Å². The van der Waals surface area contributed by atoms with Gasteiger partial charge in [0.15, 0.2) is 0 Å². The minimum atomic E-state index is -0.954. The maximum Gasteiger partial charge on any atom is 0.335 e. The highest BCUT2D eigenvalue weighted by Crippen LogP contribution is 2.26. The molecule has 3 aromatic heterocycles. The largest absolute Gasteiger partial charge is 0.478 e. The molecule has 0 aliphatic rings. The molecular weight excluding hydrogens is 262 g/mol. The van der Waals surface area contributed by atoms with Crippen LogP contribution in [0.25, 0.3) is 5.65 Å². The third-order valence-corrected chi connectivity index (χ3v) is 3.56. The Balaban J connectivity index is 1.99. The molecule has 0 aromatic carbocycles. The number of carboxylic acid groups (broad SMARTS) is 1. The number of nitrogens with zero attached hydrogens (tertiary/aromatic N) is 3. The van der Waals surface area contributed by atoms with E-state index in [1.807, 2.05) is 28.8 Å². The van der Waals surface area contributed by atoms with E-state index in [-0.39, 0.29) is 5.56 Å². The van der Waals surface area contributed by atoms with Gasteiger partial charge in [0, 0.05) is 18.6 Å². The van der Waals surface area contributed by atoms with E-state index in [9.17, 15) is 4.79 Å². The van der Waals surface area contributed by atoms with Crippen LogP contribution in [0.3, 0.4) is 0 Å². The highest BCUT2D eigenvalue weighted by Gasteiger charge is 2.07. The first-order valence-electron chi connectivity index (χ1n) is 5.53. The van der Waals surface area contributed by atoms with Crippen LogP contribution in [0.1, 0.15) is 10.4 Å². The van der Waals surface area contributed by atoms with Crippen molar-refractivity contribution in [2.24, 2.45) is 0 Å². The van der Waals surface area contributed by atoms with Crippen molar-refractivity contribution in [1.82, 2.24) is 14.4 Å². The summed E-state index contributed by atoms with van der Waals surface area (Å²) < 4.78 is 1.93. The van der Waals surface area contributed by atoms with E-state index in [2.05, 4.69) is 9.97 Å². The first-order chi connectivity index (χ1) is 9.24. The number of carboxylic acids is 1. The molecule has 0 amide bonds. The maximum absolute atomic E-state index is 10.9. The van der Waals surface area contributed by atoms with Gasteiger partial charge in [0.1, 0.15) is 10.7 Å². The van der Waals surface area contributed by atoms with Crippen molar-refractivity contribution in [3.05, 3.63) is 54.5 Å². The summed E-state index contributed by atoms with van der Waals surface area (Å²) in [5, 5.41) is 10.5. The van der Waals surface area contributed by atoms with Crippen molar-refractivity contribution in [1.29, 1.82) is 0 Å². The molecule has 3 aromatic rings. The van der Waals surface area contributed by atoms with Gasteiger partial charge in [0.05, 0.1) is 10.6 Å². The fraction of sp³-hybridized carbons (Fsp3) is 0. The third kappa shape index (κ3) is 2.30. The fourth-order valence-electron chi connectivity index (χ4n) is 1.71. The fourth-order valence-corrected chi connectivity index (χ4v) is 2.62. The lowest BCUT2D eigenvalue weighted by atomic mass is 10.3. The second-order valence-electron chi connectivity index (χ2n) is 3.81. The van der Waals surface area contributed by atoms with Gasteiger partial charge in [-0.05, 0) is 24.3 Å². The van der Waals surface area contributed by atoms with E-state index in [0.29, 0.717) is 5.03 Å². The van der Waals surface area contributed by atoms with Crippen LogP contribution in [-0.2, 0) is 0 Å². The molecule has 19 heavy (non-hydrogen) atoms. The van der Waals surface area contributed by atoms with Crippen LogP contribution < -0.4 is 0 Å². The SMILES string of the molecule is O=C(O)c1ccnc(Sc2cccc3nccn23)c1. The molecule has 0 bridgehead atoms. The minimum Gasteiger partial charge on any atom is -0.478 e. The zero-order chi connectivity index (χ0) is 13.2. The van der Waals surface area contributed by atoms with Crippen molar-refractivity contribution in [2.75, 3.05) is 0 Å². The highest BCUT2D eigenvalue weighted by atomic mass is 32.2. The molecule has 0 unspecified atom stereocenters. The summed E-state index contributed by atoms with van der Waals surface area (Å²) in [6.45, 7) is 0. The Kier molecular flexibility index (Phi) is 2.92. The summed E-state index contributed by atoms with van der Waals surface area (Å²) in [4.78, 5) is 19.3. The van der Waals surface area contributed by atoms with Gasteiger partial charge in [0.25, 0.3) is 0 Å². The lowest BCUT2D eigenvalue weighted by Gasteiger charge is -2.04. The normalized spacial score (nSPS) is 10.7. The number of hydrogen-bond donors (Lipinski definition) is 1. The second kappa shape index (κ2) is 4.74. The summed E-state index contributed by atoms with van der Waals surface area (Å²) in [6, 6.07) is 8.79. The predicted molar refractivity (Wildman–Crippen MR) is 70.5 cm³/mol. The van der Waals surface area contributed by atoms with Gasteiger partial charge in [-0.2, -0.15) is 0 Å². The molecule has 0 aliphatic carbocycles. The van der Waals surface area contributed by atoms with E-state index in [4.69, 9.17) is 5.11 Å². The molecular formula is C13H9N3O2S. The molecule has 0 fully saturated rings. The average molecular weight is 271 g/mol. The zero-order valence-electron chi connectivity index (χ0n) is 9.72. The molecule has 0 saturated carbocycles. The molecule has 3 rings (SSSR count). The van der Waals surface area contributed by atoms with Crippen LogP contribution in [0.5, 0.6) is 0 Å². The molecule has 6 heteroatoms. The predicted octanol–water partition coefficient (Wildman–Crippen LogP) is 2.58. The number of imidazole rings is 1. The molecule has 0 radical (unpaired) electrons. The van der Waals surface area contributed by atoms with Gasteiger partial charge >= 0.3 is 5.97 Å². The number of fused-ring (bicyclic) bond motifs is 1. The van der Waals surface area contributed by atoms with E-state index in [1.165, 1.54) is 24.0 Å². The Hall–Kier alpha value is -2.34. The lowest BCUT2D eigenvalue weighted by molar-refractivity contribution is 0.0696. The topological polar surface area (TPSA) is 67.5 Å². The summed E-state index contributed by atoms with van der Waals surface area (Å²) in [5.41, 5.74) is 1.08. The standard InChI is InChI=1S/C13H9N3O2S/c17-13(18)9-4-5-15-11(8-9)19-12-3-1-2-10-14-6-7-16(10)12/h1-8H,(H,17,18). The van der Waals surface area contributed by atoms with Gasteiger partial charge in [-0.25, -0.2) is 14.8 Å². The van der Waals surface area contributed by atoms with Gasteiger partial charge < -0.3 is 5.11 Å². The molecule has 94 valence electrons. The van der Waals surface area contributed by atoms with Crippen LogP contribution >= 0.6 is 11.8 Å². The zero-order valence-corrected chi connectivity index (χ0v) is 10.5. The van der Waals surface area contributed by atoms with Gasteiger partial charge in [-0.15, -0.1) is 0 Å². The van der Waals surface area contributed by atoms with Crippen LogP contribution in [-0.4, -0.2) is 25.4 Å². The van der Waals surface area contributed by atoms with Gasteiger partial charge in [0.2, 0.25) is 0 Å². The Bertz CT molecular complexity index is 754. The second-order valence-corrected chi connectivity index (χ2v) is 4.85. The van der Waals surface area contributed by atoms with E-state index in [0.717, 1.165) is 10.7 Å². The molecule has 0 atom stereocenters. The monoisotopic (exact) mass is 271 g/mol. The first-order valence-corrected chi connectivity index (χ1v) is 6.35. The number of aromatic carboxylic acids is 1. The highest BCUT2D eigenvalue weighted by molar-refractivity contribution is 7.99. The van der Waals surface area contributed by atoms with Crippen LogP contribution in [0.15, 0.2) is 59.0 Å². The Morgan fingerprint density at radius 2 is 2.11 bits per heavy atom. The molecule has 5 nitrogen and oxygen atoms in total. The number of aromatic nitrogens is 3. The number of hydrogen-bond acceptors (Lipinski definition) is 4. The quantitative estimate of drug-likeness (QED) is 0.793. The summed E-state index contributed by atoms with van der Waals surface area (Å²) in [7, 11) is 0. The molecule has 0 saturated heterocycles. The molecule has 0 aliphatic heterocycles. The Labute approximate surface area is 112 Å². The molecule has 1 N–H and O–H groups in total. The van der Waals surface area contributed by atoms with Crippen molar-refractivity contribution in [3.63, 3.8) is 0 Å². The van der Waals surface area contributed by atoms with Crippen molar-refractivity contribution >= 4 is 23.4 Å². The lowest BCUT2D eigenvalue weighted by Crippen LogP contribution is -1.97. The average Bonchev–Trinajstić information content (AvgIpc) is 2.88. The number of rotatable bonds is 3. The van der Waals surface area contributed by atoms with E-state index >= 15 is 0 Å². The first kappa shape index (κ1) is 11.7. The minimum absolute atomic E-state index is 0.232. The van der Waals surface area contributed by atoms with Crippen molar-refractivity contribution < 1.29 is 9.90 Å². The van der Waals surface area contributed by atoms with Gasteiger partial charge in [-0.1, -0.05) is 17.8 Å². The Morgan fingerprint density at radius 1 is 1.21 bits per heavy atom. The smallest absolute Gasteiger partial charge is 0.335 e. The maximum atomic E-state index is 10.9. The third-order valence-electron chi connectivity index (χ3n) is 2.58. The molecule has 0 spiro atoms. The van der Waals surface area contributed by atoms with Gasteiger partial charge in [-0.3, -0.25) is 4.40 Å².